The van der Waals surface area contributed by atoms with Crippen LogP contribution >= 0.6 is 22.9 Å². The number of hydrogen-bond acceptors (Lipinski definition) is 3. The Morgan fingerprint density at radius 1 is 1.47 bits per heavy atom. The van der Waals surface area contributed by atoms with Gasteiger partial charge in [-0.15, -0.1) is 11.3 Å². The molecule has 1 rings (SSSR count). The lowest BCUT2D eigenvalue weighted by atomic mass is 10.1. The molecular weight excluding hydrogens is 230 g/mol. The zero-order chi connectivity index (χ0) is 11.6. The van der Waals surface area contributed by atoms with Gasteiger partial charge in [0.2, 0.25) is 0 Å². The van der Waals surface area contributed by atoms with Gasteiger partial charge in [0, 0.05) is 5.54 Å². The van der Waals surface area contributed by atoms with Crippen molar-refractivity contribution >= 4 is 28.7 Å². The van der Waals surface area contributed by atoms with E-state index in [1.54, 1.807) is 12.1 Å². The molecule has 1 N–H and O–H groups in total. The van der Waals surface area contributed by atoms with Crippen molar-refractivity contribution in [2.24, 2.45) is 0 Å². The Bertz CT molecular complexity index is 354. The Kier molecular flexibility index (Phi) is 3.93. The van der Waals surface area contributed by atoms with Crippen molar-refractivity contribution in [1.82, 2.24) is 5.32 Å². The Hall–Kier alpha value is -0.380. The zero-order valence-corrected chi connectivity index (χ0v) is 11.0. The van der Waals surface area contributed by atoms with Gasteiger partial charge in [0.15, 0.2) is 5.78 Å². The van der Waals surface area contributed by atoms with Crippen LogP contribution in [-0.2, 0) is 0 Å². The molecule has 1 atom stereocenters. The Morgan fingerprint density at radius 2 is 2.07 bits per heavy atom. The summed E-state index contributed by atoms with van der Waals surface area (Å²) < 4.78 is 0.654. The number of nitrogens with one attached hydrogen (secondary N) is 1. The third-order valence-corrected chi connectivity index (χ3v) is 3.10. The van der Waals surface area contributed by atoms with E-state index in [1.165, 1.54) is 11.3 Å². The molecule has 1 unspecified atom stereocenters. The fraction of sp³-hybridized carbons (Fsp3) is 0.545. The molecule has 0 bridgehead atoms. The molecule has 2 nitrogen and oxygen atoms in total. The third kappa shape index (κ3) is 3.93. The van der Waals surface area contributed by atoms with Crippen LogP contribution in [-0.4, -0.2) is 17.4 Å². The first-order valence-electron chi connectivity index (χ1n) is 4.87. The summed E-state index contributed by atoms with van der Waals surface area (Å²) in [5.41, 5.74) is -0.0594. The molecule has 0 fully saturated rings. The minimum atomic E-state index is -0.181. The minimum absolute atomic E-state index is 0.0594. The molecule has 0 spiro atoms. The Balaban J connectivity index is 2.69. The van der Waals surface area contributed by atoms with Crippen molar-refractivity contribution in [1.29, 1.82) is 0 Å². The van der Waals surface area contributed by atoms with Gasteiger partial charge in [-0.25, -0.2) is 0 Å². The maximum absolute atomic E-state index is 11.9. The molecule has 0 saturated carbocycles. The summed E-state index contributed by atoms with van der Waals surface area (Å²) in [4.78, 5) is 12.6. The molecule has 0 radical (unpaired) electrons. The van der Waals surface area contributed by atoms with Crippen LogP contribution in [0.3, 0.4) is 0 Å². The summed E-state index contributed by atoms with van der Waals surface area (Å²) in [5.74, 6) is 0.0989. The van der Waals surface area contributed by atoms with Gasteiger partial charge in [0.1, 0.15) is 0 Å². The molecular formula is C11H16ClNOS. The van der Waals surface area contributed by atoms with Gasteiger partial charge in [-0.3, -0.25) is 4.79 Å². The number of carbonyl (C=O) groups is 1. The second-order valence-corrected chi connectivity index (χ2v) is 6.30. The molecule has 0 amide bonds. The van der Waals surface area contributed by atoms with Gasteiger partial charge in [0.25, 0.3) is 0 Å². The number of thiophene rings is 1. The standard InChI is InChI=1S/C11H16ClNOS/c1-7(13-11(2,3)4)10(14)8-5-6-9(12)15-8/h5-7,13H,1-4H3. The normalized spacial score (nSPS) is 13.9. The molecule has 0 saturated heterocycles. The summed E-state index contributed by atoms with van der Waals surface area (Å²) in [5, 5.41) is 3.24. The lowest BCUT2D eigenvalue weighted by Crippen LogP contribution is -2.45. The van der Waals surface area contributed by atoms with Gasteiger partial charge in [0.05, 0.1) is 15.3 Å². The van der Waals surface area contributed by atoms with E-state index in [0.29, 0.717) is 9.21 Å². The summed E-state index contributed by atoms with van der Waals surface area (Å²) >= 11 is 7.11. The van der Waals surface area contributed by atoms with Crippen LogP contribution in [0.2, 0.25) is 4.34 Å². The van der Waals surface area contributed by atoms with E-state index in [9.17, 15) is 4.79 Å². The van der Waals surface area contributed by atoms with Crippen LogP contribution < -0.4 is 5.32 Å². The fourth-order valence-corrected chi connectivity index (χ4v) is 2.45. The number of ketones is 1. The van der Waals surface area contributed by atoms with E-state index in [1.807, 2.05) is 27.7 Å². The number of halogens is 1. The number of carbonyl (C=O) groups excluding carboxylic acids is 1. The van der Waals surface area contributed by atoms with Gasteiger partial charge < -0.3 is 5.32 Å². The highest BCUT2D eigenvalue weighted by molar-refractivity contribution is 7.18. The molecule has 84 valence electrons. The number of hydrogen-bond donors (Lipinski definition) is 1. The minimum Gasteiger partial charge on any atom is -0.303 e. The van der Waals surface area contributed by atoms with E-state index in [2.05, 4.69) is 5.32 Å². The summed E-state index contributed by atoms with van der Waals surface area (Å²) in [7, 11) is 0. The van der Waals surface area contributed by atoms with Crippen LogP contribution in [0.15, 0.2) is 12.1 Å². The zero-order valence-electron chi connectivity index (χ0n) is 9.43. The van der Waals surface area contributed by atoms with E-state index in [4.69, 9.17) is 11.6 Å². The first-order chi connectivity index (χ1) is 6.79. The van der Waals surface area contributed by atoms with Gasteiger partial charge in [-0.1, -0.05) is 11.6 Å². The average molecular weight is 246 g/mol. The van der Waals surface area contributed by atoms with E-state index in [0.717, 1.165) is 0 Å². The van der Waals surface area contributed by atoms with Crippen molar-refractivity contribution in [3.63, 3.8) is 0 Å². The second-order valence-electron chi connectivity index (χ2n) is 4.58. The van der Waals surface area contributed by atoms with E-state index >= 15 is 0 Å². The lowest BCUT2D eigenvalue weighted by molar-refractivity contribution is 0.0940. The molecule has 1 aromatic rings. The lowest BCUT2D eigenvalue weighted by Gasteiger charge is -2.24. The highest BCUT2D eigenvalue weighted by Gasteiger charge is 2.21. The van der Waals surface area contributed by atoms with Crippen LogP contribution in [0.4, 0.5) is 0 Å². The van der Waals surface area contributed by atoms with Crippen LogP contribution in [0.25, 0.3) is 0 Å². The maximum atomic E-state index is 11.9. The average Bonchev–Trinajstić information content (AvgIpc) is 2.47. The molecule has 0 aliphatic rings. The molecule has 0 aliphatic heterocycles. The van der Waals surface area contributed by atoms with Crippen LogP contribution in [0, 0.1) is 0 Å². The highest BCUT2D eigenvalue weighted by atomic mass is 35.5. The maximum Gasteiger partial charge on any atom is 0.189 e. The topological polar surface area (TPSA) is 29.1 Å². The molecule has 1 heterocycles. The Labute approximate surface area is 99.6 Å². The van der Waals surface area contributed by atoms with E-state index in [-0.39, 0.29) is 17.4 Å². The predicted octanol–water partition coefficient (Wildman–Crippen LogP) is 3.36. The smallest absolute Gasteiger partial charge is 0.189 e. The molecule has 0 aliphatic carbocycles. The summed E-state index contributed by atoms with van der Waals surface area (Å²) in [6.07, 6.45) is 0. The number of Topliss-reactive ketones (excluding diaryl/α,β-unsaturated/α-hetero) is 1. The SMILES string of the molecule is CC(NC(C)(C)C)C(=O)c1ccc(Cl)s1. The fourth-order valence-electron chi connectivity index (χ4n) is 1.38. The van der Waals surface area contributed by atoms with Gasteiger partial charge >= 0.3 is 0 Å². The van der Waals surface area contributed by atoms with Crippen molar-refractivity contribution in [3.05, 3.63) is 21.3 Å². The highest BCUT2D eigenvalue weighted by Crippen LogP contribution is 2.22. The summed E-state index contributed by atoms with van der Waals surface area (Å²) in [6, 6.07) is 3.35. The summed E-state index contributed by atoms with van der Waals surface area (Å²) in [6.45, 7) is 8.00. The van der Waals surface area contributed by atoms with Crippen molar-refractivity contribution < 1.29 is 4.79 Å². The molecule has 1 aromatic heterocycles. The van der Waals surface area contributed by atoms with Crippen LogP contribution in [0.1, 0.15) is 37.4 Å². The quantitative estimate of drug-likeness (QED) is 0.828. The first kappa shape index (κ1) is 12.7. The molecule has 4 heteroatoms. The largest absolute Gasteiger partial charge is 0.303 e. The third-order valence-electron chi connectivity index (χ3n) is 1.86. The van der Waals surface area contributed by atoms with Gasteiger partial charge in [-0.2, -0.15) is 0 Å². The van der Waals surface area contributed by atoms with Crippen molar-refractivity contribution in [2.45, 2.75) is 39.3 Å². The van der Waals surface area contributed by atoms with E-state index < -0.39 is 0 Å². The molecule has 0 aromatic carbocycles. The number of rotatable bonds is 3. The van der Waals surface area contributed by atoms with Gasteiger partial charge in [-0.05, 0) is 39.8 Å². The Morgan fingerprint density at radius 3 is 2.47 bits per heavy atom. The second kappa shape index (κ2) is 4.64. The molecule has 15 heavy (non-hydrogen) atoms. The first-order valence-corrected chi connectivity index (χ1v) is 6.06. The van der Waals surface area contributed by atoms with Crippen molar-refractivity contribution in [3.8, 4) is 0 Å². The van der Waals surface area contributed by atoms with Crippen LogP contribution in [0.5, 0.6) is 0 Å². The predicted molar refractivity (Wildman–Crippen MR) is 66.0 cm³/mol. The van der Waals surface area contributed by atoms with Crippen molar-refractivity contribution in [2.75, 3.05) is 0 Å². The monoisotopic (exact) mass is 245 g/mol.